The van der Waals surface area contributed by atoms with Gasteiger partial charge >= 0.3 is 5.97 Å². The highest BCUT2D eigenvalue weighted by molar-refractivity contribution is 7.17. The van der Waals surface area contributed by atoms with E-state index in [1.165, 1.54) is 24.5 Å². The summed E-state index contributed by atoms with van der Waals surface area (Å²) in [5.41, 5.74) is 1.05. The van der Waals surface area contributed by atoms with Crippen molar-refractivity contribution < 1.29 is 19.0 Å². The molecule has 4 nitrogen and oxygen atoms in total. The van der Waals surface area contributed by atoms with Crippen LogP contribution in [-0.4, -0.2) is 23.2 Å². The van der Waals surface area contributed by atoms with Crippen LogP contribution in [0.1, 0.15) is 10.4 Å². The van der Waals surface area contributed by atoms with E-state index in [0.29, 0.717) is 36.7 Å². The molecule has 0 radical (unpaired) electrons. The molecule has 0 aromatic carbocycles. The van der Waals surface area contributed by atoms with Gasteiger partial charge in [-0.25, -0.2) is 14.2 Å². The predicted molar refractivity (Wildman–Crippen MR) is 82.4 cm³/mol. The van der Waals surface area contributed by atoms with E-state index in [-0.39, 0.29) is 0 Å². The number of halogens is 2. The highest BCUT2D eigenvalue weighted by Gasteiger charge is 2.20. The molecule has 0 bridgehead atoms. The molecule has 0 saturated carbocycles. The quantitative estimate of drug-likeness (QED) is 0.852. The number of fused-ring (bicyclic) bond motifs is 2. The fourth-order valence-corrected chi connectivity index (χ4v) is 3.52. The smallest absolute Gasteiger partial charge is 0.328 e. The number of aromatic nitrogens is 1. The maximum Gasteiger partial charge on any atom is 0.328 e. The number of allylic oxidation sites excluding steroid dienone is 1. The molecular formula is C15H9ClFNO3S. The lowest BCUT2D eigenvalue weighted by molar-refractivity contribution is -0.131. The molecule has 1 N–H and O–H groups in total. The van der Waals surface area contributed by atoms with E-state index in [4.69, 9.17) is 21.4 Å². The van der Waals surface area contributed by atoms with Gasteiger partial charge in [-0.3, -0.25) is 0 Å². The Balaban J connectivity index is 2.48. The van der Waals surface area contributed by atoms with E-state index in [9.17, 15) is 9.18 Å². The number of carboxylic acid groups (broad SMARTS) is 1. The summed E-state index contributed by atoms with van der Waals surface area (Å²) < 4.78 is 19.4. The first kappa shape index (κ1) is 14.7. The fraction of sp³-hybridized carbons (Fsp3) is 0.0667. The van der Waals surface area contributed by atoms with E-state index >= 15 is 0 Å². The third kappa shape index (κ3) is 2.51. The minimum Gasteiger partial charge on any atom is -0.494 e. The molecule has 2 aromatic heterocycles. The van der Waals surface area contributed by atoms with Gasteiger partial charge in [0.05, 0.1) is 17.6 Å². The Morgan fingerprint density at radius 3 is 2.95 bits per heavy atom. The molecule has 0 atom stereocenters. The number of carbonyl (C=O) groups is 1. The second kappa shape index (κ2) is 5.55. The number of thiophene rings is 1. The number of ether oxygens (including phenoxy) is 1. The van der Waals surface area contributed by atoms with Crippen molar-refractivity contribution in [1.82, 2.24) is 4.98 Å². The van der Waals surface area contributed by atoms with Crippen molar-refractivity contribution in [3.05, 3.63) is 55.6 Å². The topological polar surface area (TPSA) is 59.4 Å². The number of nitrogens with zero attached hydrogens (tertiary/aromatic N) is 1. The predicted octanol–water partition coefficient (Wildman–Crippen LogP) is 2.00. The molecule has 0 amide bonds. The number of rotatable bonds is 2. The van der Waals surface area contributed by atoms with Crippen molar-refractivity contribution in [1.29, 1.82) is 0 Å². The summed E-state index contributed by atoms with van der Waals surface area (Å²) in [4.78, 5) is 15.8. The molecule has 7 heteroatoms. The molecule has 1 aliphatic rings. The van der Waals surface area contributed by atoms with Crippen LogP contribution in [0.2, 0.25) is 4.34 Å². The molecule has 0 saturated heterocycles. The van der Waals surface area contributed by atoms with E-state index < -0.39 is 11.8 Å². The Morgan fingerprint density at radius 2 is 2.27 bits per heavy atom. The Labute approximate surface area is 133 Å². The van der Waals surface area contributed by atoms with Crippen LogP contribution >= 0.6 is 22.9 Å². The largest absolute Gasteiger partial charge is 0.494 e. The molecule has 3 rings (SSSR count). The van der Waals surface area contributed by atoms with Gasteiger partial charge in [-0.15, -0.1) is 11.3 Å². The van der Waals surface area contributed by atoms with Crippen molar-refractivity contribution >= 4 is 46.3 Å². The number of pyridine rings is 1. The normalized spacial score (nSPS) is 14.9. The van der Waals surface area contributed by atoms with Gasteiger partial charge in [0.15, 0.2) is 5.76 Å². The molecule has 0 spiro atoms. The average molecular weight is 338 g/mol. The van der Waals surface area contributed by atoms with Gasteiger partial charge in [0, 0.05) is 27.3 Å². The third-order valence-electron chi connectivity index (χ3n) is 3.10. The first-order valence-corrected chi connectivity index (χ1v) is 7.35. The molecule has 2 heterocycles. The summed E-state index contributed by atoms with van der Waals surface area (Å²) >= 11 is 7.29. The minimum absolute atomic E-state index is 0.417. The summed E-state index contributed by atoms with van der Waals surface area (Å²) in [5, 5.41) is 9.95. The number of carboxylic acids is 1. The van der Waals surface area contributed by atoms with Crippen LogP contribution in [0.5, 0.6) is 0 Å². The Morgan fingerprint density at radius 1 is 1.50 bits per heavy atom. The molecule has 112 valence electrons. The molecule has 22 heavy (non-hydrogen) atoms. The maximum absolute atomic E-state index is 13.5. The lowest BCUT2D eigenvalue weighted by Gasteiger charge is -2.05. The molecular weight excluding hydrogens is 329 g/mol. The van der Waals surface area contributed by atoms with Crippen molar-refractivity contribution in [2.75, 3.05) is 7.11 Å². The Hall–Kier alpha value is -2.18. The van der Waals surface area contributed by atoms with Crippen LogP contribution in [0.3, 0.4) is 0 Å². The van der Waals surface area contributed by atoms with Crippen LogP contribution in [-0.2, 0) is 9.53 Å². The third-order valence-corrected chi connectivity index (χ3v) is 4.41. The van der Waals surface area contributed by atoms with Crippen molar-refractivity contribution in [3.8, 4) is 0 Å². The number of aliphatic carboxylic acids is 1. The second-order valence-corrected chi connectivity index (χ2v) is 6.18. The van der Waals surface area contributed by atoms with E-state index in [1.807, 2.05) is 0 Å². The zero-order valence-corrected chi connectivity index (χ0v) is 12.8. The van der Waals surface area contributed by atoms with Gasteiger partial charge < -0.3 is 9.84 Å². The SMILES string of the molecule is COC1=c2ncc(F)cc2=CC(=CC(=O)O)c2sc(Cl)cc21. The highest BCUT2D eigenvalue weighted by Crippen LogP contribution is 2.37. The van der Waals surface area contributed by atoms with Gasteiger partial charge in [-0.05, 0) is 18.2 Å². The van der Waals surface area contributed by atoms with Gasteiger partial charge in [0.1, 0.15) is 11.2 Å². The van der Waals surface area contributed by atoms with Crippen LogP contribution in [0.15, 0.2) is 24.4 Å². The zero-order valence-electron chi connectivity index (χ0n) is 11.3. The summed E-state index contributed by atoms with van der Waals surface area (Å²) in [6, 6.07) is 2.97. The van der Waals surface area contributed by atoms with Crippen molar-refractivity contribution in [2.24, 2.45) is 0 Å². The van der Waals surface area contributed by atoms with E-state index in [0.717, 1.165) is 12.3 Å². The molecule has 0 fully saturated rings. The average Bonchev–Trinajstić information content (AvgIpc) is 2.78. The van der Waals surface area contributed by atoms with Crippen LogP contribution in [0.25, 0.3) is 17.4 Å². The highest BCUT2D eigenvalue weighted by atomic mass is 35.5. The summed E-state index contributed by atoms with van der Waals surface area (Å²) in [7, 11) is 1.48. The summed E-state index contributed by atoms with van der Waals surface area (Å²) in [6.45, 7) is 0. The Kier molecular flexibility index (Phi) is 3.72. The monoisotopic (exact) mass is 337 g/mol. The van der Waals surface area contributed by atoms with E-state index in [1.54, 1.807) is 12.1 Å². The fourth-order valence-electron chi connectivity index (χ4n) is 2.31. The lowest BCUT2D eigenvalue weighted by atomic mass is 10.1. The van der Waals surface area contributed by atoms with E-state index in [2.05, 4.69) is 4.98 Å². The summed E-state index contributed by atoms with van der Waals surface area (Å²) in [6.07, 6.45) is 3.71. The number of hydrogen-bond donors (Lipinski definition) is 1. The first-order valence-electron chi connectivity index (χ1n) is 6.16. The van der Waals surface area contributed by atoms with Gasteiger partial charge in [-0.2, -0.15) is 0 Å². The first-order chi connectivity index (χ1) is 10.5. The van der Waals surface area contributed by atoms with Crippen LogP contribution < -0.4 is 10.6 Å². The van der Waals surface area contributed by atoms with Gasteiger partial charge in [-0.1, -0.05) is 11.6 Å². The van der Waals surface area contributed by atoms with Crippen molar-refractivity contribution in [3.63, 3.8) is 0 Å². The van der Waals surface area contributed by atoms with Crippen LogP contribution in [0.4, 0.5) is 4.39 Å². The second-order valence-electron chi connectivity index (χ2n) is 4.50. The minimum atomic E-state index is -1.10. The lowest BCUT2D eigenvalue weighted by Crippen LogP contribution is -2.31. The van der Waals surface area contributed by atoms with Gasteiger partial charge in [0.2, 0.25) is 0 Å². The number of hydrogen-bond acceptors (Lipinski definition) is 4. The molecule has 1 aliphatic carbocycles. The zero-order chi connectivity index (χ0) is 15.9. The van der Waals surface area contributed by atoms with Crippen molar-refractivity contribution in [2.45, 2.75) is 0 Å². The summed E-state index contributed by atoms with van der Waals surface area (Å²) in [5.74, 6) is -1.19. The van der Waals surface area contributed by atoms with Crippen LogP contribution in [0, 0.1) is 5.82 Å². The Bertz CT molecular complexity index is 933. The molecule has 2 aromatic rings. The molecule has 0 aliphatic heterocycles. The maximum atomic E-state index is 13.5. The molecule has 0 unspecified atom stereocenters. The number of methoxy groups -OCH3 is 1. The standard InChI is InChI=1S/C15H9ClFNO3S/c1-21-14-10-5-11(16)22-15(10)8(4-12(19)20)2-7-3-9(17)6-18-13(7)14/h2-6H,1H3,(H,19,20). The van der Waals surface area contributed by atoms with Gasteiger partial charge in [0.25, 0.3) is 0 Å².